The third-order valence-corrected chi connectivity index (χ3v) is 4.51. The van der Waals surface area contributed by atoms with E-state index in [0.717, 1.165) is 63.1 Å². The van der Waals surface area contributed by atoms with Gasteiger partial charge in [-0.2, -0.15) is 0 Å². The Bertz CT molecular complexity index is 587. The van der Waals surface area contributed by atoms with Gasteiger partial charge in [-0.1, -0.05) is 39.5 Å². The summed E-state index contributed by atoms with van der Waals surface area (Å²) < 4.78 is 17.4. The number of anilines is 1. The van der Waals surface area contributed by atoms with E-state index in [1.807, 2.05) is 6.07 Å². The Labute approximate surface area is 169 Å². The quantitative estimate of drug-likeness (QED) is 0.423. The van der Waals surface area contributed by atoms with Crippen LogP contribution in [0.25, 0.3) is 4.98 Å². The van der Waals surface area contributed by atoms with Crippen LogP contribution in [-0.4, -0.2) is 39.5 Å². The van der Waals surface area contributed by atoms with E-state index in [2.05, 4.69) is 23.7 Å². The third kappa shape index (κ3) is 7.43. The number of ether oxygens (including phenoxy) is 3. The summed E-state index contributed by atoms with van der Waals surface area (Å²) in [5.41, 5.74) is 1.41. The number of unbranched alkanes of at least 4 members (excludes halogenated alkanes) is 4. The van der Waals surface area contributed by atoms with E-state index < -0.39 is 0 Å². The summed E-state index contributed by atoms with van der Waals surface area (Å²) in [6, 6.07) is 3.73. The molecule has 1 aromatic carbocycles. The number of halogens is 1. The van der Waals surface area contributed by atoms with E-state index >= 15 is 0 Å². The van der Waals surface area contributed by atoms with Gasteiger partial charge in [-0.05, 0) is 12.8 Å². The Hall–Kier alpha value is -1.71. The highest BCUT2D eigenvalue weighted by Gasteiger charge is 2.25. The fourth-order valence-electron chi connectivity index (χ4n) is 2.97. The molecule has 2 rings (SSSR count). The number of hydrogen-bond acceptors (Lipinski definition) is 5. The van der Waals surface area contributed by atoms with Crippen molar-refractivity contribution in [2.24, 2.45) is 0 Å². The predicted octanol–water partition coefficient (Wildman–Crippen LogP) is 2.15. The average Bonchev–Trinajstić information content (AvgIpc) is 2.69. The summed E-state index contributed by atoms with van der Waals surface area (Å²) in [7, 11) is 0. The second kappa shape index (κ2) is 13.5. The molecular weight excluding hydrogens is 366 g/mol. The van der Waals surface area contributed by atoms with Crippen LogP contribution in [0.1, 0.15) is 52.4 Å². The van der Waals surface area contributed by atoms with Gasteiger partial charge < -0.3 is 31.5 Å². The molecule has 7 heteroatoms. The maximum absolute atomic E-state index is 9.41. The molecule has 6 nitrogen and oxygen atoms in total. The van der Waals surface area contributed by atoms with E-state index in [1.54, 1.807) is 6.07 Å². The van der Waals surface area contributed by atoms with E-state index in [1.165, 1.54) is 0 Å². The fourth-order valence-corrected chi connectivity index (χ4v) is 2.97. The summed E-state index contributed by atoms with van der Waals surface area (Å²) in [6.45, 7) is 8.65. The van der Waals surface area contributed by atoms with Gasteiger partial charge in [0.05, 0.1) is 38.2 Å². The first-order valence-corrected chi connectivity index (χ1v) is 9.91. The largest absolute Gasteiger partial charge is 1.00 e. The zero-order valence-electron chi connectivity index (χ0n) is 16.6. The molecule has 0 aromatic heterocycles. The molecule has 0 amide bonds. The van der Waals surface area contributed by atoms with Gasteiger partial charge in [0.15, 0.2) is 10.7 Å². The molecule has 0 aliphatic carbocycles. The van der Waals surface area contributed by atoms with Crippen LogP contribution in [0.15, 0.2) is 12.1 Å². The van der Waals surface area contributed by atoms with Crippen LogP contribution >= 0.6 is 0 Å². The second-order valence-corrected chi connectivity index (χ2v) is 6.60. The van der Waals surface area contributed by atoms with Crippen molar-refractivity contribution < 1.29 is 26.6 Å². The van der Waals surface area contributed by atoms with Crippen LogP contribution < -0.4 is 26.8 Å². The van der Waals surface area contributed by atoms with Crippen molar-refractivity contribution in [2.75, 3.05) is 44.4 Å². The van der Waals surface area contributed by atoms with Crippen molar-refractivity contribution in [3.05, 3.63) is 17.1 Å². The summed E-state index contributed by atoms with van der Waals surface area (Å²) in [5, 5.41) is 9.41. The molecule has 0 bridgehead atoms. The monoisotopic (exact) mass is 397 g/mol. The molecule has 1 heterocycles. The molecule has 0 unspecified atom stereocenters. The minimum absolute atomic E-state index is 0. The van der Waals surface area contributed by atoms with Crippen LogP contribution in [0.5, 0.6) is 11.5 Å². The number of nitrogens with zero attached hydrogens (tertiary/aromatic N) is 3. The Morgan fingerprint density at radius 2 is 1.56 bits per heavy atom. The molecule has 0 saturated carbocycles. The standard InChI is InChI=1S/C20H32N3O3.ClH/c1-3-5-7-11-25-19-16-18(23-9-13-24-14-10-23)20(15-17(19)22-21)26-12-8-6-4-2;/h15-16H,3-14H2,1-2H3;1H/q+1;/p-1. The van der Waals surface area contributed by atoms with Crippen LogP contribution in [0.3, 0.4) is 0 Å². The number of morpholine rings is 1. The maximum Gasteiger partial charge on any atom is 0.430 e. The van der Waals surface area contributed by atoms with Crippen molar-refractivity contribution >= 4 is 11.4 Å². The minimum Gasteiger partial charge on any atom is -1.00 e. The fraction of sp³-hybridized carbons (Fsp3) is 0.700. The smallest absolute Gasteiger partial charge is 0.430 e. The van der Waals surface area contributed by atoms with Gasteiger partial charge in [0.2, 0.25) is 11.1 Å². The number of hydrogen-bond donors (Lipinski definition) is 0. The van der Waals surface area contributed by atoms with Gasteiger partial charge in [-0.25, -0.2) is 0 Å². The third-order valence-electron chi connectivity index (χ3n) is 4.51. The first-order valence-electron chi connectivity index (χ1n) is 9.91. The molecule has 1 aliphatic heterocycles. The van der Waals surface area contributed by atoms with Crippen LogP contribution in [-0.2, 0) is 4.74 Å². The van der Waals surface area contributed by atoms with Crippen molar-refractivity contribution in [2.45, 2.75) is 52.4 Å². The lowest BCUT2D eigenvalue weighted by atomic mass is 10.2. The highest BCUT2D eigenvalue weighted by Crippen LogP contribution is 2.40. The van der Waals surface area contributed by atoms with E-state index in [0.29, 0.717) is 37.9 Å². The van der Waals surface area contributed by atoms with Gasteiger partial charge in [0.1, 0.15) is 0 Å². The van der Waals surface area contributed by atoms with Gasteiger partial charge in [-0.15, -0.1) is 0 Å². The average molecular weight is 398 g/mol. The first kappa shape index (κ1) is 23.3. The lowest BCUT2D eigenvalue weighted by molar-refractivity contribution is -0.00000740. The molecular formula is C20H32ClN3O3. The number of diazo groups is 1. The van der Waals surface area contributed by atoms with E-state index in [9.17, 15) is 5.39 Å². The molecule has 1 aromatic rings. The summed E-state index contributed by atoms with van der Waals surface area (Å²) in [5.74, 6) is 1.35. The van der Waals surface area contributed by atoms with Gasteiger partial charge >= 0.3 is 5.69 Å². The van der Waals surface area contributed by atoms with Crippen molar-refractivity contribution in [3.63, 3.8) is 0 Å². The van der Waals surface area contributed by atoms with Crippen molar-refractivity contribution in [3.8, 4) is 11.5 Å². The summed E-state index contributed by atoms with van der Waals surface area (Å²) in [6.07, 6.45) is 6.57. The van der Waals surface area contributed by atoms with Crippen LogP contribution in [0.4, 0.5) is 11.4 Å². The van der Waals surface area contributed by atoms with Crippen molar-refractivity contribution in [1.82, 2.24) is 0 Å². The second-order valence-electron chi connectivity index (χ2n) is 6.60. The van der Waals surface area contributed by atoms with Crippen molar-refractivity contribution in [1.29, 1.82) is 5.39 Å². The zero-order valence-corrected chi connectivity index (χ0v) is 17.3. The number of benzene rings is 1. The Kier molecular flexibility index (Phi) is 11.6. The first-order chi connectivity index (χ1) is 12.8. The maximum atomic E-state index is 9.41. The topological polar surface area (TPSA) is 59.1 Å². The Balaban J connectivity index is 0.00000364. The highest BCUT2D eigenvalue weighted by atomic mass is 35.5. The molecule has 27 heavy (non-hydrogen) atoms. The van der Waals surface area contributed by atoms with Crippen LogP contribution in [0, 0.1) is 5.39 Å². The van der Waals surface area contributed by atoms with Crippen LogP contribution in [0.2, 0.25) is 0 Å². The molecule has 1 fully saturated rings. The van der Waals surface area contributed by atoms with Gasteiger partial charge in [0, 0.05) is 19.2 Å². The minimum atomic E-state index is 0. The predicted molar refractivity (Wildman–Crippen MR) is 104 cm³/mol. The molecule has 0 spiro atoms. The highest BCUT2D eigenvalue weighted by molar-refractivity contribution is 5.72. The SMILES string of the molecule is CCCCCOc1cc(N2CCOCC2)c(OCCCCC)cc1[N+]#N.[Cl-]. The zero-order chi connectivity index (χ0) is 18.6. The summed E-state index contributed by atoms with van der Waals surface area (Å²) in [4.78, 5) is 5.66. The molecule has 152 valence electrons. The molecule has 1 aliphatic rings. The van der Waals surface area contributed by atoms with E-state index in [4.69, 9.17) is 14.2 Å². The summed E-state index contributed by atoms with van der Waals surface area (Å²) >= 11 is 0. The lowest BCUT2D eigenvalue weighted by Crippen LogP contribution is -3.00. The Morgan fingerprint density at radius 3 is 2.11 bits per heavy atom. The normalized spacial score (nSPS) is 13.6. The van der Waals surface area contributed by atoms with Gasteiger partial charge in [0.25, 0.3) is 0 Å². The van der Waals surface area contributed by atoms with E-state index in [-0.39, 0.29) is 12.4 Å². The Morgan fingerprint density at radius 1 is 0.963 bits per heavy atom. The van der Waals surface area contributed by atoms with Gasteiger partial charge in [-0.3, -0.25) is 0 Å². The molecule has 1 saturated heterocycles. The molecule has 0 radical (unpaired) electrons. The number of rotatable bonds is 11. The molecule has 0 atom stereocenters. The molecule has 0 N–H and O–H groups in total. The lowest BCUT2D eigenvalue weighted by Gasteiger charge is -2.30.